The number of fused-ring (bicyclic) bond motifs is 1. The van der Waals surface area contributed by atoms with Gasteiger partial charge in [0.15, 0.2) is 5.60 Å². The number of nitrogens with one attached hydrogen (secondary N) is 1. The summed E-state index contributed by atoms with van der Waals surface area (Å²) in [6.45, 7) is 4.71. The van der Waals surface area contributed by atoms with Crippen LogP contribution < -0.4 is 15.0 Å². The first kappa shape index (κ1) is 19.7. The molecule has 0 spiro atoms. The largest absolute Gasteiger partial charge is 0.478 e. The molecule has 28 heavy (non-hydrogen) atoms. The van der Waals surface area contributed by atoms with Crippen LogP contribution in [-0.4, -0.2) is 35.0 Å². The van der Waals surface area contributed by atoms with E-state index in [2.05, 4.69) is 5.32 Å². The Labute approximate surface area is 166 Å². The maximum atomic E-state index is 12.9. The van der Waals surface area contributed by atoms with E-state index in [1.807, 2.05) is 6.92 Å². The molecule has 0 unspecified atom stereocenters. The van der Waals surface area contributed by atoms with Crippen molar-refractivity contribution in [3.05, 3.63) is 52.5 Å². The fourth-order valence-electron chi connectivity index (χ4n) is 2.92. The monoisotopic (exact) mass is 402 g/mol. The van der Waals surface area contributed by atoms with Gasteiger partial charge in [-0.1, -0.05) is 17.7 Å². The molecular weight excluding hydrogens is 384 g/mol. The van der Waals surface area contributed by atoms with Crippen LogP contribution >= 0.6 is 11.6 Å². The number of aromatic carboxylic acids is 1. The van der Waals surface area contributed by atoms with E-state index in [-0.39, 0.29) is 17.8 Å². The normalized spacial score (nSPS) is 14.9. The Morgan fingerprint density at radius 1 is 1.21 bits per heavy atom. The summed E-state index contributed by atoms with van der Waals surface area (Å²) in [5.41, 5.74) is 0.398. The number of hydrogen-bond donors (Lipinski definition) is 2. The third kappa shape index (κ3) is 3.80. The summed E-state index contributed by atoms with van der Waals surface area (Å²) in [6.07, 6.45) is 0. The van der Waals surface area contributed by atoms with Gasteiger partial charge in [-0.3, -0.25) is 14.5 Å². The molecule has 146 valence electrons. The van der Waals surface area contributed by atoms with Crippen LogP contribution in [0.15, 0.2) is 36.4 Å². The summed E-state index contributed by atoms with van der Waals surface area (Å²) < 4.78 is 5.70. The highest BCUT2D eigenvalue weighted by molar-refractivity contribution is 6.31. The van der Waals surface area contributed by atoms with Crippen molar-refractivity contribution in [3.63, 3.8) is 0 Å². The van der Waals surface area contributed by atoms with Crippen LogP contribution in [0.4, 0.5) is 11.4 Å². The maximum absolute atomic E-state index is 12.9. The second-order valence-corrected chi connectivity index (χ2v) is 7.44. The van der Waals surface area contributed by atoms with Gasteiger partial charge in [0, 0.05) is 10.7 Å². The molecule has 1 aliphatic heterocycles. The van der Waals surface area contributed by atoms with Crippen molar-refractivity contribution in [2.45, 2.75) is 26.4 Å². The number of anilines is 2. The fourth-order valence-corrected chi connectivity index (χ4v) is 3.09. The molecule has 0 fully saturated rings. The number of ether oxygens (including phenoxy) is 1. The highest BCUT2D eigenvalue weighted by Crippen LogP contribution is 2.38. The average molecular weight is 403 g/mol. The number of hydrogen-bond acceptors (Lipinski definition) is 4. The first-order valence-electron chi connectivity index (χ1n) is 8.53. The second kappa shape index (κ2) is 7.16. The molecule has 2 aromatic rings. The van der Waals surface area contributed by atoms with Crippen LogP contribution in [-0.2, 0) is 9.59 Å². The SMILES string of the molecule is Cc1ccc(Cl)cc1NC(=O)CN1C(=O)C(C)(C)Oc2ccc(C(=O)O)cc21. The molecule has 0 aromatic heterocycles. The Hall–Kier alpha value is -3.06. The number of aryl methyl sites for hydroxylation is 1. The predicted molar refractivity (Wildman–Crippen MR) is 105 cm³/mol. The summed E-state index contributed by atoms with van der Waals surface area (Å²) >= 11 is 5.98. The number of rotatable bonds is 4. The maximum Gasteiger partial charge on any atom is 0.335 e. The van der Waals surface area contributed by atoms with Crippen LogP contribution in [0.1, 0.15) is 29.8 Å². The van der Waals surface area contributed by atoms with Gasteiger partial charge >= 0.3 is 5.97 Å². The van der Waals surface area contributed by atoms with Crippen molar-refractivity contribution in [1.29, 1.82) is 0 Å². The molecule has 2 aromatic carbocycles. The minimum atomic E-state index is -1.19. The summed E-state index contributed by atoms with van der Waals surface area (Å²) in [5, 5.41) is 12.5. The molecule has 3 rings (SSSR count). The Bertz CT molecular complexity index is 987. The van der Waals surface area contributed by atoms with Crippen molar-refractivity contribution < 1.29 is 24.2 Å². The first-order valence-corrected chi connectivity index (χ1v) is 8.90. The molecule has 0 bridgehead atoms. The van der Waals surface area contributed by atoms with Gasteiger partial charge in [0.05, 0.1) is 11.3 Å². The van der Waals surface area contributed by atoms with E-state index in [1.165, 1.54) is 23.1 Å². The summed E-state index contributed by atoms with van der Waals surface area (Å²) in [7, 11) is 0. The molecule has 7 nitrogen and oxygen atoms in total. The highest BCUT2D eigenvalue weighted by Gasteiger charge is 2.41. The lowest BCUT2D eigenvalue weighted by atomic mass is 10.0. The van der Waals surface area contributed by atoms with E-state index in [0.717, 1.165) is 5.56 Å². The number of nitrogens with zero attached hydrogens (tertiary/aromatic N) is 1. The summed E-state index contributed by atoms with van der Waals surface area (Å²) in [6, 6.07) is 9.30. The third-order valence-electron chi connectivity index (χ3n) is 4.40. The van der Waals surface area contributed by atoms with Gasteiger partial charge in [0.2, 0.25) is 5.91 Å². The minimum absolute atomic E-state index is 0.00838. The zero-order valence-corrected chi connectivity index (χ0v) is 16.3. The smallest absolute Gasteiger partial charge is 0.335 e. The number of halogens is 1. The van der Waals surface area contributed by atoms with Gasteiger partial charge < -0.3 is 15.2 Å². The second-order valence-electron chi connectivity index (χ2n) is 7.00. The van der Waals surface area contributed by atoms with Crippen LogP contribution in [0.5, 0.6) is 5.75 Å². The summed E-state index contributed by atoms with van der Waals surface area (Å²) in [4.78, 5) is 38.0. The lowest BCUT2D eigenvalue weighted by Gasteiger charge is -2.38. The molecule has 1 aliphatic rings. The van der Waals surface area contributed by atoms with Crippen LogP contribution in [0.2, 0.25) is 5.02 Å². The molecule has 1 heterocycles. The molecule has 0 saturated carbocycles. The Morgan fingerprint density at radius 2 is 1.93 bits per heavy atom. The number of carboxylic acids is 1. The number of benzene rings is 2. The molecular formula is C20H19ClN2O5. The Balaban J connectivity index is 1.92. The van der Waals surface area contributed by atoms with Crippen LogP contribution in [0.3, 0.4) is 0 Å². The molecule has 0 atom stereocenters. The van der Waals surface area contributed by atoms with Crippen LogP contribution in [0.25, 0.3) is 0 Å². The van der Waals surface area contributed by atoms with E-state index in [1.54, 1.807) is 32.0 Å². The summed E-state index contributed by atoms with van der Waals surface area (Å²) in [5.74, 6) is -1.69. The van der Waals surface area contributed by atoms with Crippen molar-refractivity contribution in [2.75, 3.05) is 16.8 Å². The van der Waals surface area contributed by atoms with E-state index < -0.39 is 23.4 Å². The number of carboxylic acid groups (broad SMARTS) is 1. The molecule has 2 amide bonds. The van der Waals surface area contributed by atoms with Gasteiger partial charge in [-0.15, -0.1) is 0 Å². The van der Waals surface area contributed by atoms with Crippen molar-refractivity contribution in [1.82, 2.24) is 0 Å². The molecule has 8 heteroatoms. The quantitative estimate of drug-likeness (QED) is 0.816. The topological polar surface area (TPSA) is 95.9 Å². The predicted octanol–water partition coefficient (Wildman–Crippen LogP) is 3.49. The lowest BCUT2D eigenvalue weighted by molar-refractivity contribution is -0.133. The van der Waals surface area contributed by atoms with Gasteiger partial charge in [0.1, 0.15) is 12.3 Å². The highest BCUT2D eigenvalue weighted by atomic mass is 35.5. The van der Waals surface area contributed by atoms with Gasteiger partial charge in [-0.05, 0) is 56.7 Å². The molecule has 0 aliphatic carbocycles. The van der Waals surface area contributed by atoms with E-state index in [9.17, 15) is 19.5 Å². The first-order chi connectivity index (χ1) is 13.1. The zero-order chi connectivity index (χ0) is 20.6. The standard InChI is InChI=1S/C20H19ClN2O5/c1-11-4-6-13(21)9-14(11)22-17(24)10-23-15-8-12(18(25)26)5-7-16(15)28-20(2,3)19(23)27/h4-9H,10H2,1-3H3,(H,22,24)(H,25,26). The lowest BCUT2D eigenvalue weighted by Crippen LogP contribution is -2.54. The van der Waals surface area contributed by atoms with Gasteiger partial charge in [-0.2, -0.15) is 0 Å². The van der Waals surface area contributed by atoms with E-state index >= 15 is 0 Å². The number of carbonyl (C=O) groups excluding carboxylic acids is 2. The van der Waals surface area contributed by atoms with Crippen LogP contribution in [0, 0.1) is 6.92 Å². The molecule has 2 N–H and O–H groups in total. The Morgan fingerprint density at radius 3 is 2.61 bits per heavy atom. The molecule has 0 saturated heterocycles. The van der Waals surface area contributed by atoms with Crippen molar-refractivity contribution >= 4 is 40.8 Å². The zero-order valence-electron chi connectivity index (χ0n) is 15.6. The van der Waals surface area contributed by atoms with E-state index in [0.29, 0.717) is 16.5 Å². The minimum Gasteiger partial charge on any atom is -0.478 e. The van der Waals surface area contributed by atoms with Gasteiger partial charge in [-0.25, -0.2) is 4.79 Å². The van der Waals surface area contributed by atoms with Gasteiger partial charge in [0.25, 0.3) is 5.91 Å². The molecule has 0 radical (unpaired) electrons. The van der Waals surface area contributed by atoms with Crippen molar-refractivity contribution in [2.24, 2.45) is 0 Å². The third-order valence-corrected chi connectivity index (χ3v) is 4.63. The van der Waals surface area contributed by atoms with E-state index in [4.69, 9.17) is 16.3 Å². The van der Waals surface area contributed by atoms with Crippen molar-refractivity contribution in [3.8, 4) is 5.75 Å². The number of amides is 2. The fraction of sp³-hybridized carbons (Fsp3) is 0.250. The Kier molecular flexibility index (Phi) is 5.04. The number of carbonyl (C=O) groups is 3. The average Bonchev–Trinajstić information content (AvgIpc) is 2.61.